The second-order valence-corrected chi connectivity index (χ2v) is 5.75. The van der Waals surface area contributed by atoms with Gasteiger partial charge in [0.1, 0.15) is 0 Å². The first-order valence-corrected chi connectivity index (χ1v) is 6.77. The number of nitrogens with two attached hydrogens (primary N) is 1. The number of halogens is 1. The number of hydrogen-bond acceptors (Lipinski definition) is 6. The second-order valence-electron chi connectivity index (χ2n) is 3.11. The van der Waals surface area contributed by atoms with E-state index in [-0.39, 0.29) is 0 Å². The molecule has 0 bridgehead atoms. The molecule has 0 atom stereocenters. The number of nitriles is 1. The zero-order valence-electron chi connectivity index (χ0n) is 8.55. The van der Waals surface area contributed by atoms with Gasteiger partial charge in [-0.2, -0.15) is 5.26 Å². The first kappa shape index (κ1) is 12.2. The van der Waals surface area contributed by atoms with Gasteiger partial charge in [-0.05, 0) is 17.7 Å². The molecule has 0 aliphatic rings. The Labute approximate surface area is 111 Å². The lowest BCUT2D eigenvalue weighted by Gasteiger charge is -2.02. The molecule has 2 N–H and O–H groups in total. The molecule has 2 rings (SSSR count). The molecule has 0 amide bonds. The predicted octanol–water partition coefficient (Wildman–Crippen LogP) is 2.94. The van der Waals surface area contributed by atoms with E-state index in [9.17, 15) is 0 Å². The third kappa shape index (κ3) is 3.09. The van der Waals surface area contributed by atoms with Gasteiger partial charge in [0.25, 0.3) is 0 Å². The SMILES string of the molecule is N#Cc1ccc(CSc2nnc(N)s2)c(Cl)c1. The van der Waals surface area contributed by atoms with E-state index in [4.69, 9.17) is 22.6 Å². The highest BCUT2D eigenvalue weighted by atomic mass is 35.5. The van der Waals surface area contributed by atoms with Crippen LogP contribution in [0.15, 0.2) is 22.5 Å². The number of benzene rings is 1. The van der Waals surface area contributed by atoms with Crippen molar-refractivity contribution in [3.63, 3.8) is 0 Å². The monoisotopic (exact) mass is 282 g/mol. The van der Waals surface area contributed by atoms with E-state index >= 15 is 0 Å². The van der Waals surface area contributed by atoms with E-state index in [0.717, 1.165) is 9.90 Å². The largest absolute Gasteiger partial charge is 0.374 e. The van der Waals surface area contributed by atoms with Crippen molar-refractivity contribution in [2.45, 2.75) is 10.1 Å². The van der Waals surface area contributed by atoms with Crippen LogP contribution in [0.4, 0.5) is 5.13 Å². The minimum absolute atomic E-state index is 0.457. The summed E-state index contributed by atoms with van der Waals surface area (Å²) in [6, 6.07) is 7.29. The Morgan fingerprint density at radius 3 is 2.88 bits per heavy atom. The molecule has 4 nitrogen and oxygen atoms in total. The quantitative estimate of drug-likeness (QED) is 0.876. The van der Waals surface area contributed by atoms with Crippen LogP contribution in [0.25, 0.3) is 0 Å². The summed E-state index contributed by atoms with van der Waals surface area (Å²) in [6.45, 7) is 0. The van der Waals surface area contributed by atoms with Crippen molar-refractivity contribution in [2.75, 3.05) is 5.73 Å². The maximum atomic E-state index is 8.72. The van der Waals surface area contributed by atoms with Gasteiger partial charge in [-0.1, -0.05) is 40.8 Å². The molecule has 7 heteroatoms. The van der Waals surface area contributed by atoms with Crippen LogP contribution in [-0.4, -0.2) is 10.2 Å². The van der Waals surface area contributed by atoms with Gasteiger partial charge in [0.2, 0.25) is 5.13 Å². The number of hydrogen-bond donors (Lipinski definition) is 1. The summed E-state index contributed by atoms with van der Waals surface area (Å²) in [6.07, 6.45) is 0. The standard InChI is InChI=1S/C10H7ClN4S2/c11-8-3-6(4-12)1-2-7(8)5-16-10-15-14-9(13)17-10/h1-3H,5H2,(H2,13,14). The summed E-state index contributed by atoms with van der Waals surface area (Å²) in [7, 11) is 0. The van der Waals surface area contributed by atoms with Crippen LogP contribution in [0, 0.1) is 11.3 Å². The summed E-state index contributed by atoms with van der Waals surface area (Å²) < 4.78 is 0.808. The Morgan fingerprint density at radius 2 is 2.29 bits per heavy atom. The van der Waals surface area contributed by atoms with Gasteiger partial charge in [0.15, 0.2) is 4.34 Å². The molecular weight excluding hydrogens is 276 g/mol. The maximum Gasteiger partial charge on any atom is 0.203 e. The average Bonchev–Trinajstić information content (AvgIpc) is 2.73. The van der Waals surface area contributed by atoms with E-state index in [2.05, 4.69) is 10.2 Å². The molecule has 0 unspecified atom stereocenters. The topological polar surface area (TPSA) is 75.6 Å². The number of rotatable bonds is 3. The van der Waals surface area contributed by atoms with Crippen molar-refractivity contribution in [3.05, 3.63) is 34.3 Å². The highest BCUT2D eigenvalue weighted by molar-refractivity contribution is 8.00. The van der Waals surface area contributed by atoms with Crippen molar-refractivity contribution in [3.8, 4) is 6.07 Å². The van der Waals surface area contributed by atoms with Crippen molar-refractivity contribution in [1.29, 1.82) is 5.26 Å². The van der Waals surface area contributed by atoms with Gasteiger partial charge >= 0.3 is 0 Å². The molecule has 17 heavy (non-hydrogen) atoms. The minimum Gasteiger partial charge on any atom is -0.374 e. The predicted molar refractivity (Wildman–Crippen MR) is 70.0 cm³/mol. The molecule has 2 aromatic rings. The van der Waals surface area contributed by atoms with Crippen LogP contribution < -0.4 is 5.73 Å². The van der Waals surface area contributed by atoms with Gasteiger partial charge in [-0.25, -0.2) is 0 Å². The molecule has 0 fully saturated rings. The van der Waals surface area contributed by atoms with Gasteiger partial charge in [-0.15, -0.1) is 10.2 Å². The smallest absolute Gasteiger partial charge is 0.203 e. The average molecular weight is 283 g/mol. The van der Waals surface area contributed by atoms with Gasteiger partial charge in [-0.3, -0.25) is 0 Å². The maximum absolute atomic E-state index is 8.72. The Morgan fingerprint density at radius 1 is 1.47 bits per heavy atom. The van der Waals surface area contributed by atoms with Crippen molar-refractivity contribution < 1.29 is 0 Å². The number of anilines is 1. The molecule has 1 heterocycles. The number of aromatic nitrogens is 2. The number of nitrogens with zero attached hydrogens (tertiary/aromatic N) is 3. The highest BCUT2D eigenvalue weighted by Gasteiger charge is 2.06. The Bertz CT molecular complexity index is 576. The summed E-state index contributed by atoms with van der Waals surface area (Å²) in [4.78, 5) is 0. The van der Waals surface area contributed by atoms with Gasteiger partial charge in [0, 0.05) is 10.8 Å². The zero-order valence-corrected chi connectivity index (χ0v) is 10.9. The summed E-state index contributed by atoms with van der Waals surface area (Å²) in [5, 5.41) is 17.4. The fourth-order valence-electron chi connectivity index (χ4n) is 1.15. The molecule has 0 saturated carbocycles. The Hall–Kier alpha value is -1.29. The molecule has 1 aromatic heterocycles. The van der Waals surface area contributed by atoms with Crippen LogP contribution in [-0.2, 0) is 5.75 Å². The Kier molecular flexibility index (Phi) is 3.84. The summed E-state index contributed by atoms with van der Waals surface area (Å²) >= 11 is 8.92. The van der Waals surface area contributed by atoms with Crippen LogP contribution in [0.5, 0.6) is 0 Å². The second kappa shape index (κ2) is 5.36. The Balaban J connectivity index is 2.07. The lowest BCUT2D eigenvalue weighted by atomic mass is 10.2. The molecule has 0 spiro atoms. The first-order chi connectivity index (χ1) is 8.19. The molecule has 0 aliphatic heterocycles. The van der Waals surface area contributed by atoms with Crippen LogP contribution in [0.2, 0.25) is 5.02 Å². The summed E-state index contributed by atoms with van der Waals surface area (Å²) in [5.74, 6) is 0.680. The van der Waals surface area contributed by atoms with Crippen LogP contribution in [0.3, 0.4) is 0 Å². The van der Waals surface area contributed by atoms with E-state index < -0.39 is 0 Å². The molecule has 0 aliphatic carbocycles. The molecule has 0 saturated heterocycles. The van der Waals surface area contributed by atoms with Crippen molar-refractivity contribution in [2.24, 2.45) is 0 Å². The molecule has 1 aromatic carbocycles. The van der Waals surface area contributed by atoms with E-state index in [1.54, 1.807) is 12.1 Å². The van der Waals surface area contributed by atoms with Crippen molar-refractivity contribution >= 4 is 39.8 Å². The number of nitrogen functional groups attached to an aromatic ring is 1. The minimum atomic E-state index is 0.457. The molecular formula is C10H7ClN4S2. The van der Waals surface area contributed by atoms with E-state index in [0.29, 0.717) is 21.5 Å². The molecule has 86 valence electrons. The van der Waals surface area contributed by atoms with Crippen molar-refractivity contribution in [1.82, 2.24) is 10.2 Å². The first-order valence-electron chi connectivity index (χ1n) is 4.59. The zero-order chi connectivity index (χ0) is 12.3. The van der Waals surface area contributed by atoms with Crippen LogP contribution in [0.1, 0.15) is 11.1 Å². The summed E-state index contributed by atoms with van der Waals surface area (Å²) in [5.41, 5.74) is 7.01. The third-order valence-electron chi connectivity index (χ3n) is 1.96. The van der Waals surface area contributed by atoms with E-state index in [1.807, 2.05) is 12.1 Å². The van der Waals surface area contributed by atoms with E-state index in [1.165, 1.54) is 23.1 Å². The molecule has 0 radical (unpaired) electrons. The number of thioether (sulfide) groups is 1. The normalized spacial score (nSPS) is 10.1. The van der Waals surface area contributed by atoms with Gasteiger partial charge in [0.05, 0.1) is 11.6 Å². The fraction of sp³-hybridized carbons (Fsp3) is 0.100. The lowest BCUT2D eigenvalue weighted by Crippen LogP contribution is -1.84. The fourth-order valence-corrected chi connectivity index (χ4v) is 3.12. The lowest BCUT2D eigenvalue weighted by molar-refractivity contribution is 1.02. The highest BCUT2D eigenvalue weighted by Crippen LogP contribution is 2.29. The van der Waals surface area contributed by atoms with Crippen LogP contribution >= 0.6 is 34.7 Å². The third-order valence-corrected chi connectivity index (χ3v) is 4.24. The van der Waals surface area contributed by atoms with Gasteiger partial charge < -0.3 is 5.73 Å².